The third-order valence-electron chi connectivity index (χ3n) is 4.54. The summed E-state index contributed by atoms with van der Waals surface area (Å²) in [5, 5.41) is 12.1. The molecule has 2 aromatic carbocycles. The van der Waals surface area contributed by atoms with E-state index in [0.29, 0.717) is 11.4 Å². The number of aromatic nitrogens is 3. The van der Waals surface area contributed by atoms with Gasteiger partial charge in [-0.25, -0.2) is 4.39 Å². The van der Waals surface area contributed by atoms with Crippen molar-refractivity contribution in [1.82, 2.24) is 14.8 Å². The van der Waals surface area contributed by atoms with Gasteiger partial charge in [-0.2, -0.15) is 5.10 Å². The van der Waals surface area contributed by atoms with Crippen LogP contribution >= 0.6 is 0 Å². The summed E-state index contributed by atoms with van der Waals surface area (Å²) >= 11 is 0. The number of pyridine rings is 1. The van der Waals surface area contributed by atoms with Crippen molar-refractivity contribution < 1.29 is 9.18 Å². The van der Waals surface area contributed by atoms with Crippen molar-refractivity contribution >= 4 is 33.7 Å². The fourth-order valence-corrected chi connectivity index (χ4v) is 2.95. The number of rotatable bonds is 4. The average molecular weight is 375 g/mol. The lowest BCUT2D eigenvalue weighted by atomic mass is 10.1. The zero-order chi connectivity index (χ0) is 19.7. The first-order valence-electron chi connectivity index (χ1n) is 8.72. The van der Waals surface area contributed by atoms with Crippen molar-refractivity contribution in [2.75, 3.05) is 10.6 Å². The number of carbonyl (C=O) groups excluding carboxylic acids is 1. The van der Waals surface area contributed by atoms with Gasteiger partial charge < -0.3 is 10.6 Å². The Bertz CT molecular complexity index is 1150. The highest BCUT2D eigenvalue weighted by Gasteiger charge is 2.14. The smallest absolute Gasteiger partial charge is 0.276 e. The van der Waals surface area contributed by atoms with Crippen molar-refractivity contribution in [1.29, 1.82) is 0 Å². The van der Waals surface area contributed by atoms with Crippen LogP contribution < -0.4 is 10.6 Å². The fraction of sp³-hybridized carbons (Fsp3) is 0.0952. The second kappa shape index (κ2) is 7.11. The molecular weight excluding hydrogens is 357 g/mol. The zero-order valence-corrected chi connectivity index (χ0v) is 15.4. The second-order valence-electron chi connectivity index (χ2n) is 6.46. The lowest BCUT2D eigenvalue weighted by molar-refractivity contribution is 0.102. The quantitative estimate of drug-likeness (QED) is 0.554. The van der Waals surface area contributed by atoms with Crippen LogP contribution in [-0.4, -0.2) is 20.7 Å². The molecule has 0 radical (unpaired) electrons. The van der Waals surface area contributed by atoms with E-state index in [1.54, 1.807) is 42.3 Å². The topological polar surface area (TPSA) is 71.8 Å². The first kappa shape index (κ1) is 17.7. The second-order valence-corrected chi connectivity index (χ2v) is 6.46. The molecule has 0 saturated heterocycles. The van der Waals surface area contributed by atoms with Gasteiger partial charge in [0, 0.05) is 47.3 Å². The molecule has 28 heavy (non-hydrogen) atoms. The van der Waals surface area contributed by atoms with Crippen LogP contribution in [0.4, 0.5) is 21.5 Å². The number of benzene rings is 2. The number of nitrogens with zero attached hydrogens (tertiary/aromatic N) is 3. The summed E-state index contributed by atoms with van der Waals surface area (Å²) in [6.07, 6.45) is 3.39. The molecule has 2 heterocycles. The molecule has 6 nitrogen and oxygen atoms in total. The van der Waals surface area contributed by atoms with E-state index in [2.05, 4.69) is 20.7 Å². The Labute approximate surface area is 161 Å². The van der Waals surface area contributed by atoms with Crippen LogP contribution in [0.5, 0.6) is 0 Å². The van der Waals surface area contributed by atoms with E-state index in [4.69, 9.17) is 0 Å². The van der Waals surface area contributed by atoms with Gasteiger partial charge in [0.25, 0.3) is 5.91 Å². The summed E-state index contributed by atoms with van der Waals surface area (Å²) < 4.78 is 14.8. The molecule has 2 aromatic heterocycles. The maximum absolute atomic E-state index is 13.1. The van der Waals surface area contributed by atoms with Gasteiger partial charge in [0.05, 0.1) is 5.69 Å². The monoisotopic (exact) mass is 375 g/mol. The van der Waals surface area contributed by atoms with E-state index in [-0.39, 0.29) is 11.7 Å². The summed E-state index contributed by atoms with van der Waals surface area (Å²) in [5.74, 6) is -0.574. The van der Waals surface area contributed by atoms with Gasteiger partial charge in [-0.1, -0.05) is 0 Å². The van der Waals surface area contributed by atoms with Crippen LogP contribution in [0.15, 0.2) is 60.9 Å². The van der Waals surface area contributed by atoms with Gasteiger partial charge in [0.1, 0.15) is 5.82 Å². The van der Waals surface area contributed by atoms with Crippen molar-refractivity contribution in [2.45, 2.75) is 6.92 Å². The highest BCUT2D eigenvalue weighted by atomic mass is 19.1. The molecule has 0 spiro atoms. The maximum atomic E-state index is 13.1. The summed E-state index contributed by atoms with van der Waals surface area (Å²) in [5.41, 5.74) is 3.48. The molecule has 0 atom stereocenters. The molecule has 0 aliphatic carbocycles. The molecule has 7 heteroatoms. The Morgan fingerprint density at radius 1 is 1.04 bits per heavy atom. The van der Waals surface area contributed by atoms with Crippen LogP contribution in [0.25, 0.3) is 10.8 Å². The van der Waals surface area contributed by atoms with Gasteiger partial charge in [-0.05, 0) is 55.5 Å². The summed E-state index contributed by atoms with van der Waals surface area (Å²) in [6, 6.07) is 13.4. The molecule has 0 fully saturated rings. The lowest BCUT2D eigenvalue weighted by Gasteiger charge is -2.13. The molecule has 140 valence electrons. The molecule has 0 aliphatic rings. The molecule has 0 unspecified atom stereocenters. The number of amides is 1. The highest BCUT2D eigenvalue weighted by molar-refractivity contribution is 6.10. The third-order valence-corrected chi connectivity index (χ3v) is 4.54. The normalized spacial score (nSPS) is 10.8. The summed E-state index contributed by atoms with van der Waals surface area (Å²) in [4.78, 5) is 16.8. The van der Waals surface area contributed by atoms with Gasteiger partial charge in [0.15, 0.2) is 5.69 Å². The van der Waals surface area contributed by atoms with Crippen LogP contribution in [-0.2, 0) is 7.05 Å². The number of carbonyl (C=O) groups is 1. The largest absolute Gasteiger partial charge is 0.355 e. The number of anilines is 3. The standard InChI is InChI=1S/C21H18FN5O/c1-13-11-20(26-27(13)2)21(28)25-19-8-7-18(16-9-10-23-12-17(16)19)24-15-5-3-14(22)4-6-15/h3-12,24H,1-2H3,(H,25,28). The van der Waals surface area contributed by atoms with E-state index in [9.17, 15) is 9.18 Å². The molecule has 2 N–H and O–H groups in total. The SMILES string of the molecule is Cc1cc(C(=O)Nc2ccc(Nc3ccc(F)cc3)c3ccncc23)nn1C. The molecule has 0 aliphatic heterocycles. The van der Waals surface area contributed by atoms with Crippen LogP contribution in [0, 0.1) is 12.7 Å². The van der Waals surface area contributed by atoms with Crippen molar-refractivity contribution in [3.63, 3.8) is 0 Å². The Morgan fingerprint density at radius 2 is 1.79 bits per heavy atom. The minimum absolute atomic E-state index is 0.284. The summed E-state index contributed by atoms with van der Waals surface area (Å²) in [6.45, 7) is 1.89. The van der Waals surface area contributed by atoms with Gasteiger partial charge in [-0.3, -0.25) is 14.5 Å². The van der Waals surface area contributed by atoms with Gasteiger partial charge in [0.2, 0.25) is 0 Å². The fourth-order valence-electron chi connectivity index (χ4n) is 2.95. The average Bonchev–Trinajstić information content (AvgIpc) is 3.04. The number of nitrogens with one attached hydrogen (secondary N) is 2. The predicted octanol–water partition coefficient (Wildman–Crippen LogP) is 4.41. The Balaban J connectivity index is 1.67. The third kappa shape index (κ3) is 3.42. The Hall–Kier alpha value is -3.74. The molecule has 0 saturated carbocycles. The molecule has 0 bridgehead atoms. The predicted molar refractivity (Wildman–Crippen MR) is 107 cm³/mol. The molecule has 4 rings (SSSR count). The first-order valence-corrected chi connectivity index (χ1v) is 8.72. The van der Waals surface area contributed by atoms with E-state index in [0.717, 1.165) is 27.8 Å². The van der Waals surface area contributed by atoms with E-state index in [1.807, 2.05) is 25.1 Å². The van der Waals surface area contributed by atoms with Gasteiger partial charge >= 0.3 is 0 Å². The van der Waals surface area contributed by atoms with Crippen LogP contribution in [0.2, 0.25) is 0 Å². The maximum Gasteiger partial charge on any atom is 0.276 e. The molecule has 1 amide bonds. The summed E-state index contributed by atoms with van der Waals surface area (Å²) in [7, 11) is 1.79. The minimum atomic E-state index is -0.289. The van der Waals surface area contributed by atoms with Crippen molar-refractivity contribution in [3.05, 3.63) is 78.1 Å². The van der Waals surface area contributed by atoms with Gasteiger partial charge in [-0.15, -0.1) is 0 Å². The number of aryl methyl sites for hydroxylation is 2. The Morgan fingerprint density at radius 3 is 2.50 bits per heavy atom. The first-order chi connectivity index (χ1) is 13.5. The number of hydrogen-bond donors (Lipinski definition) is 2. The highest BCUT2D eigenvalue weighted by Crippen LogP contribution is 2.31. The van der Waals surface area contributed by atoms with E-state index >= 15 is 0 Å². The molecular formula is C21H18FN5O. The number of halogens is 1. The van der Waals surface area contributed by atoms with Crippen molar-refractivity contribution in [2.24, 2.45) is 7.05 Å². The van der Waals surface area contributed by atoms with E-state index < -0.39 is 0 Å². The molecule has 4 aromatic rings. The van der Waals surface area contributed by atoms with Crippen LogP contribution in [0.1, 0.15) is 16.2 Å². The Kier molecular flexibility index (Phi) is 4.49. The van der Waals surface area contributed by atoms with Crippen molar-refractivity contribution in [3.8, 4) is 0 Å². The number of hydrogen-bond acceptors (Lipinski definition) is 4. The zero-order valence-electron chi connectivity index (χ0n) is 15.4. The number of fused-ring (bicyclic) bond motifs is 1. The minimum Gasteiger partial charge on any atom is -0.355 e. The van der Waals surface area contributed by atoms with Crippen LogP contribution in [0.3, 0.4) is 0 Å². The lowest BCUT2D eigenvalue weighted by Crippen LogP contribution is -2.13. The van der Waals surface area contributed by atoms with E-state index in [1.165, 1.54) is 12.1 Å².